The molecule has 2 fully saturated rings. The van der Waals surface area contributed by atoms with E-state index in [9.17, 15) is 4.79 Å². The van der Waals surface area contributed by atoms with Gasteiger partial charge < -0.3 is 14.3 Å². The predicted octanol–water partition coefficient (Wildman–Crippen LogP) is 2.96. The van der Waals surface area contributed by atoms with Crippen LogP contribution in [0.3, 0.4) is 0 Å². The molecule has 0 radical (unpaired) electrons. The summed E-state index contributed by atoms with van der Waals surface area (Å²) in [5.74, 6) is 0.958. The molecule has 2 aliphatic heterocycles. The zero-order chi connectivity index (χ0) is 20.4. The third-order valence-corrected chi connectivity index (χ3v) is 6.55. The first-order chi connectivity index (χ1) is 14.0. The molecular weight excluding hydrogens is 364 g/mol. The highest BCUT2D eigenvalue weighted by atomic mass is 16.5. The van der Waals surface area contributed by atoms with E-state index < -0.39 is 0 Å². The summed E-state index contributed by atoms with van der Waals surface area (Å²) in [7, 11) is 0. The molecule has 29 heavy (non-hydrogen) atoms. The number of aryl methyl sites for hydroxylation is 3. The highest BCUT2D eigenvalue weighted by molar-refractivity contribution is 5.79. The normalized spacial score (nSPS) is 20.9. The van der Waals surface area contributed by atoms with E-state index in [4.69, 9.17) is 4.52 Å². The summed E-state index contributed by atoms with van der Waals surface area (Å²) in [5.41, 5.74) is 4.47. The number of para-hydroxylation sites is 1. The third kappa shape index (κ3) is 4.32. The number of aromatic nitrogens is 1. The Morgan fingerprint density at radius 2 is 1.86 bits per heavy atom. The van der Waals surface area contributed by atoms with Crippen LogP contribution in [0, 0.1) is 20.8 Å². The first kappa shape index (κ1) is 20.0. The molecule has 1 unspecified atom stereocenters. The van der Waals surface area contributed by atoms with Crippen LogP contribution in [0.2, 0.25) is 0 Å². The van der Waals surface area contributed by atoms with E-state index in [1.54, 1.807) is 0 Å². The van der Waals surface area contributed by atoms with Gasteiger partial charge in [-0.25, -0.2) is 0 Å². The summed E-state index contributed by atoms with van der Waals surface area (Å²) in [6.45, 7) is 11.9. The molecule has 0 N–H and O–H groups in total. The Kier molecular flexibility index (Phi) is 5.90. The van der Waals surface area contributed by atoms with E-state index >= 15 is 0 Å². The smallest absolute Gasteiger partial charge is 0.227 e. The van der Waals surface area contributed by atoms with Crippen molar-refractivity contribution in [3.63, 3.8) is 0 Å². The molecule has 0 saturated carbocycles. The van der Waals surface area contributed by atoms with E-state index in [0.717, 1.165) is 62.7 Å². The Bertz CT molecular complexity index is 835. The molecule has 2 aromatic rings. The SMILES string of the molecule is Cc1ccccc1N1CCN(C2CCCN(C(=O)Cc3c(C)noc3C)C2)CC1. The van der Waals surface area contributed by atoms with Crippen LogP contribution in [0.25, 0.3) is 0 Å². The van der Waals surface area contributed by atoms with Crippen LogP contribution in [-0.4, -0.2) is 66.2 Å². The standard InChI is InChI=1S/C23H32N4O2/c1-17-7-4-5-9-22(17)26-13-11-25(12-14-26)20-8-6-10-27(16-20)23(28)15-21-18(2)24-29-19(21)3/h4-5,7,9,20H,6,8,10-16H2,1-3H3. The molecule has 1 aromatic carbocycles. The Morgan fingerprint density at radius 1 is 1.10 bits per heavy atom. The zero-order valence-corrected chi connectivity index (χ0v) is 17.9. The van der Waals surface area contributed by atoms with E-state index in [-0.39, 0.29) is 5.91 Å². The fourth-order valence-electron chi connectivity index (χ4n) is 4.74. The van der Waals surface area contributed by atoms with Crippen LogP contribution in [0.15, 0.2) is 28.8 Å². The molecule has 1 aromatic heterocycles. The summed E-state index contributed by atoms with van der Waals surface area (Å²) in [6, 6.07) is 9.10. The fourth-order valence-corrected chi connectivity index (χ4v) is 4.74. The molecule has 0 aliphatic carbocycles. The Morgan fingerprint density at radius 3 is 2.55 bits per heavy atom. The maximum atomic E-state index is 12.9. The number of amides is 1. The second-order valence-electron chi connectivity index (χ2n) is 8.42. The lowest BCUT2D eigenvalue weighted by Crippen LogP contribution is -2.56. The number of rotatable bonds is 4. The minimum absolute atomic E-state index is 0.197. The van der Waals surface area contributed by atoms with Gasteiger partial charge >= 0.3 is 0 Å². The third-order valence-electron chi connectivity index (χ3n) is 6.55. The maximum Gasteiger partial charge on any atom is 0.227 e. The molecule has 6 heteroatoms. The molecule has 3 heterocycles. The predicted molar refractivity (Wildman–Crippen MR) is 114 cm³/mol. The monoisotopic (exact) mass is 396 g/mol. The van der Waals surface area contributed by atoms with Gasteiger partial charge in [-0.1, -0.05) is 23.4 Å². The summed E-state index contributed by atoms with van der Waals surface area (Å²) in [6.07, 6.45) is 2.66. The van der Waals surface area contributed by atoms with E-state index in [2.05, 4.69) is 46.1 Å². The number of anilines is 1. The van der Waals surface area contributed by atoms with E-state index in [0.29, 0.717) is 12.5 Å². The number of nitrogens with zero attached hydrogens (tertiary/aromatic N) is 4. The molecule has 1 amide bonds. The molecule has 1 atom stereocenters. The summed E-state index contributed by atoms with van der Waals surface area (Å²) >= 11 is 0. The largest absolute Gasteiger partial charge is 0.369 e. The van der Waals surface area contributed by atoms with Gasteiger partial charge in [0.2, 0.25) is 5.91 Å². The van der Waals surface area contributed by atoms with Crippen molar-refractivity contribution in [3.05, 3.63) is 46.8 Å². The molecule has 0 spiro atoms. The number of piperazine rings is 1. The molecule has 0 bridgehead atoms. The lowest BCUT2D eigenvalue weighted by atomic mass is 10.0. The highest BCUT2D eigenvalue weighted by Crippen LogP contribution is 2.24. The number of piperidine rings is 1. The number of carbonyl (C=O) groups is 1. The Balaban J connectivity index is 1.33. The van der Waals surface area contributed by atoms with Gasteiger partial charge in [0.05, 0.1) is 12.1 Å². The van der Waals surface area contributed by atoms with E-state index in [1.807, 2.05) is 18.7 Å². The van der Waals surface area contributed by atoms with Crippen LogP contribution >= 0.6 is 0 Å². The molecule has 156 valence electrons. The average Bonchev–Trinajstić information content (AvgIpc) is 3.06. The van der Waals surface area contributed by atoms with Crippen molar-refractivity contribution in [1.29, 1.82) is 0 Å². The summed E-state index contributed by atoms with van der Waals surface area (Å²) < 4.78 is 5.22. The number of carbonyl (C=O) groups excluding carboxylic acids is 1. The van der Waals surface area contributed by atoms with Crippen LogP contribution in [-0.2, 0) is 11.2 Å². The molecule has 6 nitrogen and oxygen atoms in total. The van der Waals surface area contributed by atoms with Gasteiger partial charge in [0.15, 0.2) is 0 Å². The van der Waals surface area contributed by atoms with Crippen LogP contribution in [0.4, 0.5) is 5.69 Å². The van der Waals surface area contributed by atoms with Gasteiger partial charge in [-0.15, -0.1) is 0 Å². The van der Waals surface area contributed by atoms with Gasteiger partial charge in [0, 0.05) is 56.6 Å². The van der Waals surface area contributed by atoms with Gasteiger partial charge in [0.1, 0.15) is 5.76 Å². The number of hydrogen-bond donors (Lipinski definition) is 0. The second kappa shape index (κ2) is 8.57. The average molecular weight is 397 g/mol. The van der Waals surface area contributed by atoms with Crippen LogP contribution < -0.4 is 4.90 Å². The summed E-state index contributed by atoms with van der Waals surface area (Å²) in [4.78, 5) is 20.0. The Labute approximate surface area is 173 Å². The molecular formula is C23H32N4O2. The molecule has 2 saturated heterocycles. The molecule has 4 rings (SSSR count). The van der Waals surface area contributed by atoms with E-state index in [1.165, 1.54) is 17.7 Å². The quantitative estimate of drug-likeness (QED) is 0.795. The fraction of sp³-hybridized carbons (Fsp3) is 0.565. The van der Waals surface area contributed by atoms with Gasteiger partial charge in [-0.05, 0) is 45.2 Å². The van der Waals surface area contributed by atoms with Crippen molar-refractivity contribution in [1.82, 2.24) is 15.0 Å². The zero-order valence-electron chi connectivity index (χ0n) is 17.9. The topological polar surface area (TPSA) is 52.8 Å². The lowest BCUT2D eigenvalue weighted by molar-refractivity contribution is -0.132. The highest BCUT2D eigenvalue weighted by Gasteiger charge is 2.30. The minimum atomic E-state index is 0.197. The first-order valence-corrected chi connectivity index (χ1v) is 10.8. The molecule has 2 aliphatic rings. The van der Waals surface area contributed by atoms with Gasteiger partial charge in [-0.2, -0.15) is 0 Å². The van der Waals surface area contributed by atoms with Crippen molar-refractivity contribution in [3.8, 4) is 0 Å². The lowest BCUT2D eigenvalue weighted by Gasteiger charge is -2.44. The summed E-state index contributed by atoms with van der Waals surface area (Å²) in [5, 5.41) is 3.98. The van der Waals surface area contributed by atoms with Crippen molar-refractivity contribution in [2.45, 2.75) is 46.1 Å². The van der Waals surface area contributed by atoms with Crippen molar-refractivity contribution < 1.29 is 9.32 Å². The van der Waals surface area contributed by atoms with Crippen molar-refractivity contribution in [2.24, 2.45) is 0 Å². The number of likely N-dealkylation sites (tertiary alicyclic amines) is 1. The Hall–Kier alpha value is -2.34. The van der Waals surface area contributed by atoms with Crippen LogP contribution in [0.1, 0.15) is 35.4 Å². The van der Waals surface area contributed by atoms with Gasteiger partial charge in [0.25, 0.3) is 0 Å². The second-order valence-corrected chi connectivity index (χ2v) is 8.42. The maximum absolute atomic E-state index is 12.9. The number of benzene rings is 1. The van der Waals surface area contributed by atoms with Crippen molar-refractivity contribution >= 4 is 11.6 Å². The number of hydrogen-bond acceptors (Lipinski definition) is 5. The minimum Gasteiger partial charge on any atom is -0.369 e. The van der Waals surface area contributed by atoms with Crippen LogP contribution in [0.5, 0.6) is 0 Å². The van der Waals surface area contributed by atoms with Gasteiger partial charge in [-0.3, -0.25) is 9.69 Å². The van der Waals surface area contributed by atoms with Crippen molar-refractivity contribution in [2.75, 3.05) is 44.2 Å². The first-order valence-electron chi connectivity index (χ1n) is 10.8.